The number of carbonyl (C=O) groups excluding carboxylic acids is 3. The number of hydrogen-bond donors (Lipinski definition) is 5. The second-order valence-electron chi connectivity index (χ2n) is 8.47. The van der Waals surface area contributed by atoms with E-state index >= 15 is 0 Å². The van der Waals surface area contributed by atoms with Crippen LogP contribution < -0.4 is 10.6 Å². The predicted octanol–water partition coefficient (Wildman–Crippen LogP) is 2.72. The van der Waals surface area contributed by atoms with Gasteiger partial charge in [0.1, 0.15) is 5.69 Å². The molecule has 0 aliphatic carbocycles. The van der Waals surface area contributed by atoms with Gasteiger partial charge in [0, 0.05) is 11.8 Å². The zero-order valence-electron chi connectivity index (χ0n) is 19.6. The van der Waals surface area contributed by atoms with E-state index < -0.39 is 41.4 Å². The Bertz CT molecular complexity index is 1180. The lowest BCUT2D eigenvalue weighted by Crippen LogP contribution is -2.45. The molecule has 0 aliphatic rings. The lowest BCUT2D eigenvalue weighted by atomic mass is 9.93. The zero-order valence-corrected chi connectivity index (χ0v) is 19.6. The Balaban J connectivity index is 1.81. The molecule has 35 heavy (non-hydrogen) atoms. The van der Waals surface area contributed by atoms with Crippen LogP contribution in [0.15, 0.2) is 54.7 Å². The molecule has 10 heteroatoms. The van der Waals surface area contributed by atoms with Crippen molar-refractivity contribution in [3.63, 3.8) is 0 Å². The summed E-state index contributed by atoms with van der Waals surface area (Å²) in [6.07, 6.45) is 1.32. The van der Waals surface area contributed by atoms with Crippen LogP contribution in [0, 0.1) is 12.8 Å². The van der Waals surface area contributed by atoms with Crippen LogP contribution >= 0.6 is 0 Å². The van der Waals surface area contributed by atoms with Gasteiger partial charge in [-0.1, -0.05) is 50.2 Å². The van der Waals surface area contributed by atoms with E-state index in [0.717, 1.165) is 0 Å². The highest BCUT2D eigenvalue weighted by Crippen LogP contribution is 2.33. The molecule has 0 aliphatic heterocycles. The van der Waals surface area contributed by atoms with E-state index in [2.05, 4.69) is 15.6 Å². The van der Waals surface area contributed by atoms with Crippen molar-refractivity contribution in [2.45, 2.75) is 39.3 Å². The third kappa shape index (κ3) is 5.60. The molecule has 0 spiro atoms. The van der Waals surface area contributed by atoms with Gasteiger partial charge in [-0.15, -0.1) is 4.73 Å². The molecule has 2 aromatic heterocycles. The first-order chi connectivity index (χ1) is 16.6. The lowest BCUT2D eigenvalue weighted by Gasteiger charge is -2.24. The second-order valence-corrected chi connectivity index (χ2v) is 8.47. The van der Waals surface area contributed by atoms with E-state index in [1.807, 2.05) is 6.07 Å². The van der Waals surface area contributed by atoms with Gasteiger partial charge in [0.05, 0.1) is 24.1 Å². The van der Waals surface area contributed by atoms with Crippen LogP contribution in [0.25, 0.3) is 0 Å². The minimum atomic E-state index is -1.06. The van der Waals surface area contributed by atoms with E-state index in [1.54, 1.807) is 56.3 Å². The number of amides is 2. The molecule has 1 aromatic carbocycles. The minimum Gasteiger partial charge on any atom is -0.492 e. The van der Waals surface area contributed by atoms with Crippen molar-refractivity contribution in [3.8, 4) is 11.8 Å². The molecule has 3 rings (SSSR count). The number of nitrogens with one attached hydrogen (secondary N) is 2. The fourth-order valence-corrected chi connectivity index (χ4v) is 3.71. The Morgan fingerprint density at radius 3 is 2.17 bits per heavy atom. The Kier molecular flexibility index (Phi) is 7.75. The fraction of sp³-hybridized carbons (Fsp3) is 0.280. The summed E-state index contributed by atoms with van der Waals surface area (Å²) in [6.45, 7) is 4.79. The van der Waals surface area contributed by atoms with Crippen LogP contribution in [0.3, 0.4) is 0 Å². The van der Waals surface area contributed by atoms with Gasteiger partial charge < -0.3 is 26.1 Å². The molecule has 2 amide bonds. The molecule has 2 heterocycles. The molecular formula is C25H28N4O6. The highest BCUT2D eigenvalue weighted by atomic mass is 16.5. The molecule has 0 saturated heterocycles. The standard InChI is InChI=1S/C25H28N4O6/c1-14(2)21(22(31)20-15(3)24(33)29(35)25(20)34)28-19(30)13-18(16-9-5-4-6-10-16)27-23(32)17-11-7-8-12-26-17/h4-12,14,18,21,33-35H,13H2,1-3H3,(H,27,32)(H,28,30)/t18-,21-/m0/s1. The maximum Gasteiger partial charge on any atom is 0.270 e. The van der Waals surface area contributed by atoms with E-state index in [4.69, 9.17) is 0 Å². The summed E-state index contributed by atoms with van der Waals surface area (Å²) in [5.74, 6) is -3.50. The van der Waals surface area contributed by atoms with Gasteiger partial charge in [-0.05, 0) is 30.5 Å². The van der Waals surface area contributed by atoms with Gasteiger partial charge in [-0.3, -0.25) is 19.4 Å². The third-order valence-electron chi connectivity index (χ3n) is 5.64. The van der Waals surface area contributed by atoms with E-state index in [9.17, 15) is 29.8 Å². The summed E-state index contributed by atoms with van der Waals surface area (Å²) in [4.78, 5) is 42.9. The smallest absolute Gasteiger partial charge is 0.270 e. The monoisotopic (exact) mass is 480 g/mol. The number of benzene rings is 1. The van der Waals surface area contributed by atoms with Crippen molar-refractivity contribution in [3.05, 3.63) is 77.1 Å². The first-order valence-electron chi connectivity index (χ1n) is 11.0. The molecule has 3 aromatic rings. The predicted molar refractivity (Wildman–Crippen MR) is 126 cm³/mol. The summed E-state index contributed by atoms with van der Waals surface area (Å²) >= 11 is 0. The van der Waals surface area contributed by atoms with Gasteiger partial charge in [0.2, 0.25) is 17.7 Å². The molecule has 5 N–H and O–H groups in total. The number of pyridine rings is 1. The van der Waals surface area contributed by atoms with E-state index in [1.165, 1.54) is 13.1 Å². The van der Waals surface area contributed by atoms with E-state index in [-0.39, 0.29) is 33.9 Å². The lowest BCUT2D eigenvalue weighted by molar-refractivity contribution is -0.122. The van der Waals surface area contributed by atoms with Crippen molar-refractivity contribution < 1.29 is 29.8 Å². The molecule has 0 fully saturated rings. The maximum absolute atomic E-state index is 13.2. The summed E-state index contributed by atoms with van der Waals surface area (Å²) in [5.41, 5.74) is 0.588. The van der Waals surface area contributed by atoms with Crippen LogP contribution in [-0.2, 0) is 4.79 Å². The number of rotatable bonds is 9. The van der Waals surface area contributed by atoms with Gasteiger partial charge in [0.15, 0.2) is 5.78 Å². The molecule has 0 saturated carbocycles. The second kappa shape index (κ2) is 10.7. The molecular weight excluding hydrogens is 452 g/mol. The summed E-state index contributed by atoms with van der Waals surface area (Å²) in [5, 5.41) is 35.2. The number of carbonyl (C=O) groups is 3. The Hall–Kier alpha value is -4.34. The quantitative estimate of drug-likeness (QED) is 0.233. The molecule has 184 valence electrons. The summed E-state index contributed by atoms with van der Waals surface area (Å²) in [7, 11) is 0. The molecule has 10 nitrogen and oxygen atoms in total. The van der Waals surface area contributed by atoms with Crippen molar-refractivity contribution in [2.75, 3.05) is 0 Å². The normalized spacial score (nSPS) is 12.7. The van der Waals surface area contributed by atoms with Gasteiger partial charge in [0.25, 0.3) is 5.91 Å². The average Bonchev–Trinajstić information content (AvgIpc) is 3.04. The first-order valence-corrected chi connectivity index (χ1v) is 11.0. The van der Waals surface area contributed by atoms with Gasteiger partial charge >= 0.3 is 0 Å². The molecule has 2 atom stereocenters. The molecule has 0 unspecified atom stereocenters. The van der Waals surface area contributed by atoms with Crippen molar-refractivity contribution in [1.82, 2.24) is 20.3 Å². The van der Waals surface area contributed by atoms with Crippen LogP contribution in [0.2, 0.25) is 0 Å². The van der Waals surface area contributed by atoms with Crippen LogP contribution in [-0.4, -0.2) is 48.8 Å². The molecule has 0 bridgehead atoms. The highest BCUT2D eigenvalue weighted by Gasteiger charge is 2.33. The zero-order chi connectivity index (χ0) is 25.7. The Morgan fingerprint density at radius 1 is 0.971 bits per heavy atom. The summed E-state index contributed by atoms with van der Waals surface area (Å²) < 4.78 is 0.111. The molecule has 0 radical (unpaired) electrons. The van der Waals surface area contributed by atoms with Gasteiger partial charge in [-0.25, -0.2) is 0 Å². The number of aromatic hydroxyl groups is 2. The topological polar surface area (TPSA) is 154 Å². The maximum atomic E-state index is 13.2. The van der Waals surface area contributed by atoms with Crippen LogP contribution in [0.1, 0.15) is 58.3 Å². The minimum absolute atomic E-state index is 0.0142. The Morgan fingerprint density at radius 2 is 1.63 bits per heavy atom. The van der Waals surface area contributed by atoms with Crippen LogP contribution in [0.5, 0.6) is 11.8 Å². The number of ketones is 1. The van der Waals surface area contributed by atoms with E-state index in [0.29, 0.717) is 5.56 Å². The fourth-order valence-electron chi connectivity index (χ4n) is 3.71. The largest absolute Gasteiger partial charge is 0.492 e. The van der Waals surface area contributed by atoms with Crippen molar-refractivity contribution >= 4 is 17.6 Å². The van der Waals surface area contributed by atoms with Crippen molar-refractivity contribution in [2.24, 2.45) is 5.92 Å². The number of Topliss-reactive ketones (excluding diaryl/α,β-unsaturated/α-hetero) is 1. The number of hydrogen-bond acceptors (Lipinski definition) is 7. The number of aromatic nitrogens is 2. The van der Waals surface area contributed by atoms with Crippen molar-refractivity contribution in [1.29, 1.82) is 0 Å². The van der Waals surface area contributed by atoms with Gasteiger partial charge in [-0.2, -0.15) is 0 Å². The highest BCUT2D eigenvalue weighted by molar-refractivity contribution is 6.05. The summed E-state index contributed by atoms with van der Waals surface area (Å²) in [6, 6.07) is 12.1. The SMILES string of the molecule is Cc1c(C(=O)[C@@H](NC(=O)C[C@H](NC(=O)c2ccccn2)c2ccccc2)C(C)C)c(O)n(O)c1O. The average molecular weight is 481 g/mol. The van der Waals surface area contributed by atoms with Crippen LogP contribution in [0.4, 0.5) is 0 Å². The number of nitrogens with zero attached hydrogens (tertiary/aromatic N) is 2. The first kappa shape index (κ1) is 25.3. The Labute approximate surface area is 202 Å². The third-order valence-corrected chi connectivity index (χ3v) is 5.64.